The number of halogens is 1. The zero-order valence-corrected chi connectivity index (χ0v) is 14.3. The van der Waals surface area contributed by atoms with E-state index in [1.807, 2.05) is 19.9 Å². The van der Waals surface area contributed by atoms with Crippen LogP contribution in [0.25, 0.3) is 11.1 Å². The standard InChI is InChI=1S/C19H20FNO4/c1-19(2)10-25-16-8-13(11-4-6-12(20)7-5-11)15(24-3)9-14(16)17(19)21-18(22)23/h4-9,17,21H,10H2,1-3H3,(H,22,23). The molecule has 6 heteroatoms. The molecule has 25 heavy (non-hydrogen) atoms. The number of ether oxygens (including phenoxy) is 2. The van der Waals surface area contributed by atoms with E-state index >= 15 is 0 Å². The van der Waals surface area contributed by atoms with E-state index in [1.54, 1.807) is 25.3 Å². The first kappa shape index (κ1) is 17.1. The first-order chi connectivity index (χ1) is 11.8. The largest absolute Gasteiger partial charge is 0.496 e. The Labute approximate surface area is 145 Å². The van der Waals surface area contributed by atoms with Crippen LogP contribution in [0.15, 0.2) is 36.4 Å². The van der Waals surface area contributed by atoms with Crippen LogP contribution in [0.3, 0.4) is 0 Å². The maximum atomic E-state index is 13.2. The quantitative estimate of drug-likeness (QED) is 0.874. The lowest BCUT2D eigenvalue weighted by molar-refractivity contribution is 0.0993. The molecule has 0 aliphatic carbocycles. The molecular weight excluding hydrogens is 325 g/mol. The van der Waals surface area contributed by atoms with Crippen molar-refractivity contribution in [3.05, 3.63) is 47.8 Å². The summed E-state index contributed by atoms with van der Waals surface area (Å²) in [7, 11) is 1.54. The SMILES string of the molecule is COc1cc2c(cc1-c1ccc(F)cc1)OCC(C)(C)C2NC(=O)O. The zero-order chi connectivity index (χ0) is 18.2. The molecule has 0 fully saturated rings. The van der Waals surface area contributed by atoms with Gasteiger partial charge in [0.1, 0.15) is 17.3 Å². The van der Waals surface area contributed by atoms with Crippen molar-refractivity contribution in [2.45, 2.75) is 19.9 Å². The Balaban J connectivity index is 2.12. The molecular formula is C19H20FNO4. The topological polar surface area (TPSA) is 67.8 Å². The summed E-state index contributed by atoms with van der Waals surface area (Å²) in [4.78, 5) is 11.2. The summed E-state index contributed by atoms with van der Waals surface area (Å²) in [5.41, 5.74) is 1.86. The van der Waals surface area contributed by atoms with E-state index in [9.17, 15) is 14.3 Å². The number of rotatable bonds is 3. The molecule has 3 rings (SSSR count). The monoisotopic (exact) mass is 345 g/mol. The maximum Gasteiger partial charge on any atom is 0.405 e. The molecule has 5 nitrogen and oxygen atoms in total. The van der Waals surface area contributed by atoms with Crippen LogP contribution in [0.4, 0.5) is 9.18 Å². The fourth-order valence-electron chi connectivity index (χ4n) is 3.11. The minimum atomic E-state index is -1.09. The highest BCUT2D eigenvalue weighted by Crippen LogP contribution is 2.47. The highest BCUT2D eigenvalue weighted by atomic mass is 19.1. The zero-order valence-electron chi connectivity index (χ0n) is 14.3. The molecule has 0 spiro atoms. The third-order valence-corrected chi connectivity index (χ3v) is 4.45. The molecule has 2 aromatic carbocycles. The van der Waals surface area contributed by atoms with Gasteiger partial charge in [0.25, 0.3) is 0 Å². The second kappa shape index (κ2) is 6.27. The molecule has 0 bridgehead atoms. The van der Waals surface area contributed by atoms with Gasteiger partial charge in [-0.1, -0.05) is 26.0 Å². The van der Waals surface area contributed by atoms with Gasteiger partial charge in [0, 0.05) is 16.5 Å². The fraction of sp³-hybridized carbons (Fsp3) is 0.316. The van der Waals surface area contributed by atoms with E-state index in [1.165, 1.54) is 12.1 Å². The number of hydrogen-bond donors (Lipinski definition) is 2. The van der Waals surface area contributed by atoms with Gasteiger partial charge in [-0.3, -0.25) is 0 Å². The van der Waals surface area contributed by atoms with E-state index in [-0.39, 0.29) is 5.82 Å². The van der Waals surface area contributed by atoms with Gasteiger partial charge in [0.2, 0.25) is 0 Å². The summed E-state index contributed by atoms with van der Waals surface area (Å²) in [5, 5.41) is 11.8. The van der Waals surface area contributed by atoms with Crippen LogP contribution in [0.5, 0.6) is 11.5 Å². The summed E-state index contributed by atoms with van der Waals surface area (Å²) in [6, 6.07) is 9.27. The van der Waals surface area contributed by atoms with Gasteiger partial charge in [-0.2, -0.15) is 0 Å². The van der Waals surface area contributed by atoms with Gasteiger partial charge in [0.15, 0.2) is 0 Å². The molecule has 0 radical (unpaired) electrons. The fourth-order valence-corrected chi connectivity index (χ4v) is 3.11. The molecule has 1 heterocycles. The van der Waals surface area contributed by atoms with Crippen molar-refractivity contribution in [3.8, 4) is 22.6 Å². The second-order valence-electron chi connectivity index (χ2n) is 6.76. The Bertz CT molecular complexity index is 802. The van der Waals surface area contributed by atoms with Crippen molar-refractivity contribution in [1.82, 2.24) is 5.32 Å². The molecule has 1 amide bonds. The lowest BCUT2D eigenvalue weighted by Crippen LogP contribution is -2.43. The third-order valence-electron chi connectivity index (χ3n) is 4.45. The molecule has 1 unspecified atom stereocenters. The van der Waals surface area contributed by atoms with Crippen LogP contribution in [0, 0.1) is 11.2 Å². The normalized spacial score (nSPS) is 18.0. The molecule has 0 saturated carbocycles. The number of carboxylic acid groups (broad SMARTS) is 1. The summed E-state index contributed by atoms with van der Waals surface area (Å²) in [6.45, 7) is 4.26. The number of hydrogen-bond acceptors (Lipinski definition) is 3. The number of nitrogens with one attached hydrogen (secondary N) is 1. The van der Waals surface area contributed by atoms with Crippen molar-refractivity contribution in [2.24, 2.45) is 5.41 Å². The average molecular weight is 345 g/mol. The van der Waals surface area contributed by atoms with Gasteiger partial charge in [-0.15, -0.1) is 0 Å². The maximum absolute atomic E-state index is 13.2. The molecule has 2 aromatic rings. The number of fused-ring (bicyclic) bond motifs is 1. The van der Waals surface area contributed by atoms with E-state index in [2.05, 4.69) is 5.32 Å². The minimum absolute atomic E-state index is 0.315. The van der Waals surface area contributed by atoms with Crippen molar-refractivity contribution in [2.75, 3.05) is 13.7 Å². The van der Waals surface area contributed by atoms with Gasteiger partial charge in [-0.25, -0.2) is 9.18 Å². The van der Waals surface area contributed by atoms with Crippen LogP contribution in [0.2, 0.25) is 0 Å². The van der Waals surface area contributed by atoms with Crippen LogP contribution < -0.4 is 14.8 Å². The molecule has 1 atom stereocenters. The van der Waals surface area contributed by atoms with E-state index in [0.29, 0.717) is 18.1 Å². The average Bonchev–Trinajstić information content (AvgIpc) is 2.57. The predicted molar refractivity (Wildman–Crippen MR) is 91.6 cm³/mol. The van der Waals surface area contributed by atoms with Crippen molar-refractivity contribution >= 4 is 6.09 Å². The molecule has 1 aliphatic rings. The lowest BCUT2D eigenvalue weighted by Gasteiger charge is -2.39. The minimum Gasteiger partial charge on any atom is -0.496 e. The summed E-state index contributed by atoms with van der Waals surface area (Å²) in [5.74, 6) is 0.853. The molecule has 0 saturated heterocycles. The molecule has 0 aromatic heterocycles. The van der Waals surface area contributed by atoms with Crippen LogP contribution in [0.1, 0.15) is 25.5 Å². The van der Waals surface area contributed by atoms with E-state index < -0.39 is 17.6 Å². The Morgan fingerprint density at radius 3 is 2.60 bits per heavy atom. The molecule has 1 aliphatic heterocycles. The smallest absolute Gasteiger partial charge is 0.405 e. The van der Waals surface area contributed by atoms with E-state index in [4.69, 9.17) is 9.47 Å². The van der Waals surface area contributed by atoms with Gasteiger partial charge in [-0.05, 0) is 29.8 Å². The van der Waals surface area contributed by atoms with Crippen molar-refractivity contribution in [1.29, 1.82) is 0 Å². The van der Waals surface area contributed by atoms with Crippen molar-refractivity contribution in [3.63, 3.8) is 0 Å². The first-order valence-corrected chi connectivity index (χ1v) is 7.92. The van der Waals surface area contributed by atoms with Crippen LogP contribution >= 0.6 is 0 Å². The number of carbonyl (C=O) groups is 1. The van der Waals surface area contributed by atoms with Crippen molar-refractivity contribution < 1.29 is 23.8 Å². The Morgan fingerprint density at radius 2 is 2.00 bits per heavy atom. The van der Waals surface area contributed by atoms with Crippen LogP contribution in [-0.2, 0) is 0 Å². The third kappa shape index (κ3) is 3.24. The summed E-state index contributed by atoms with van der Waals surface area (Å²) in [6.07, 6.45) is -1.09. The molecule has 2 N–H and O–H groups in total. The van der Waals surface area contributed by atoms with Gasteiger partial charge < -0.3 is 19.9 Å². The van der Waals surface area contributed by atoms with Crippen LogP contribution in [-0.4, -0.2) is 24.9 Å². The van der Waals surface area contributed by atoms with E-state index in [0.717, 1.165) is 16.7 Å². The molecule has 132 valence electrons. The number of methoxy groups -OCH3 is 1. The summed E-state index contributed by atoms with van der Waals surface area (Å²) < 4.78 is 24.6. The first-order valence-electron chi connectivity index (χ1n) is 7.92. The van der Waals surface area contributed by atoms with Gasteiger partial charge >= 0.3 is 6.09 Å². The Kier molecular flexibility index (Phi) is 4.29. The Hall–Kier alpha value is -2.76. The predicted octanol–water partition coefficient (Wildman–Crippen LogP) is 4.23. The number of benzene rings is 2. The second-order valence-corrected chi connectivity index (χ2v) is 6.76. The Morgan fingerprint density at radius 1 is 1.32 bits per heavy atom. The highest BCUT2D eigenvalue weighted by molar-refractivity contribution is 5.74. The highest BCUT2D eigenvalue weighted by Gasteiger charge is 2.39. The summed E-state index contributed by atoms with van der Waals surface area (Å²) >= 11 is 0. The lowest BCUT2D eigenvalue weighted by atomic mass is 9.78. The van der Waals surface area contributed by atoms with Gasteiger partial charge in [0.05, 0.1) is 19.8 Å². The number of amides is 1.